The molecule has 4 atom stereocenters. The summed E-state index contributed by atoms with van der Waals surface area (Å²) in [4.78, 5) is 16.9. The quantitative estimate of drug-likeness (QED) is 0.899. The third kappa shape index (κ3) is 3.46. The second-order valence-corrected chi connectivity index (χ2v) is 7.21. The Morgan fingerprint density at radius 2 is 2.29 bits per heavy atom. The van der Waals surface area contributed by atoms with Gasteiger partial charge in [-0.25, -0.2) is 4.98 Å². The van der Waals surface area contributed by atoms with Crippen molar-refractivity contribution in [1.82, 2.24) is 15.6 Å². The maximum Gasteiger partial charge on any atom is 0.237 e. The Morgan fingerprint density at radius 1 is 1.43 bits per heavy atom. The van der Waals surface area contributed by atoms with E-state index in [0.717, 1.165) is 23.8 Å². The second kappa shape index (κ2) is 6.88. The summed E-state index contributed by atoms with van der Waals surface area (Å²) in [6, 6.07) is 0.602. The number of nitrogens with zero attached hydrogens (tertiary/aromatic N) is 1. The molecular formula is C16H25N3OS. The molecule has 1 saturated heterocycles. The molecule has 1 saturated carbocycles. The van der Waals surface area contributed by atoms with Crippen LogP contribution in [0.2, 0.25) is 0 Å². The third-order valence-electron chi connectivity index (χ3n) is 4.94. The predicted octanol–water partition coefficient (Wildman–Crippen LogP) is 3.02. The van der Waals surface area contributed by atoms with Gasteiger partial charge in [0.05, 0.1) is 12.1 Å². The van der Waals surface area contributed by atoms with Crippen molar-refractivity contribution in [2.45, 2.75) is 70.0 Å². The minimum absolute atomic E-state index is 0.0154. The van der Waals surface area contributed by atoms with Crippen LogP contribution in [0.1, 0.15) is 62.9 Å². The number of fused-ring (bicyclic) bond motifs is 1. The monoisotopic (exact) mass is 307 g/mol. The molecule has 1 amide bonds. The number of amides is 1. The van der Waals surface area contributed by atoms with Crippen LogP contribution < -0.4 is 10.6 Å². The van der Waals surface area contributed by atoms with Crippen molar-refractivity contribution in [3.05, 3.63) is 16.6 Å². The van der Waals surface area contributed by atoms with Crippen LogP contribution in [0.15, 0.2) is 11.6 Å². The summed E-state index contributed by atoms with van der Waals surface area (Å²) in [5.74, 6) is 0.949. The maximum absolute atomic E-state index is 12.5. The standard InChI is InChI=1S/C16H25N3OS/c1-2-12(16-17-9-10-21-16)19-15(20)14-8-7-11-5-3-4-6-13(11)18-14/h9-14,18H,2-8H2,1H3,(H,19,20). The van der Waals surface area contributed by atoms with E-state index in [1.165, 1.54) is 32.1 Å². The van der Waals surface area contributed by atoms with Gasteiger partial charge in [0.1, 0.15) is 5.01 Å². The van der Waals surface area contributed by atoms with E-state index in [4.69, 9.17) is 0 Å². The fourth-order valence-corrected chi connectivity index (χ4v) is 4.49. The summed E-state index contributed by atoms with van der Waals surface area (Å²) >= 11 is 1.62. The summed E-state index contributed by atoms with van der Waals surface area (Å²) < 4.78 is 0. The highest BCUT2D eigenvalue weighted by Crippen LogP contribution is 2.32. The molecule has 4 unspecified atom stereocenters. The number of nitrogens with one attached hydrogen (secondary N) is 2. The van der Waals surface area contributed by atoms with Gasteiger partial charge < -0.3 is 10.6 Å². The van der Waals surface area contributed by atoms with E-state index in [1.54, 1.807) is 17.5 Å². The lowest BCUT2D eigenvalue weighted by Crippen LogP contribution is -2.55. The van der Waals surface area contributed by atoms with Crippen molar-refractivity contribution < 1.29 is 4.79 Å². The molecule has 4 nitrogen and oxygen atoms in total. The minimum atomic E-state index is -0.0154. The maximum atomic E-state index is 12.5. The number of thiazole rings is 1. The molecule has 1 aromatic heterocycles. The van der Waals surface area contributed by atoms with Crippen LogP contribution in [-0.2, 0) is 4.79 Å². The number of rotatable bonds is 4. The molecule has 0 aromatic carbocycles. The van der Waals surface area contributed by atoms with E-state index < -0.39 is 0 Å². The Labute approximate surface area is 130 Å². The second-order valence-electron chi connectivity index (χ2n) is 6.29. The molecule has 2 N–H and O–H groups in total. The topological polar surface area (TPSA) is 54.0 Å². The van der Waals surface area contributed by atoms with Crippen LogP contribution in [0, 0.1) is 5.92 Å². The molecule has 0 spiro atoms. The van der Waals surface area contributed by atoms with Crippen LogP contribution in [-0.4, -0.2) is 23.0 Å². The van der Waals surface area contributed by atoms with Gasteiger partial charge in [-0.15, -0.1) is 11.3 Å². The number of carbonyl (C=O) groups excluding carboxylic acids is 1. The lowest BCUT2D eigenvalue weighted by atomic mass is 9.77. The van der Waals surface area contributed by atoms with Gasteiger partial charge in [0.25, 0.3) is 0 Å². The lowest BCUT2D eigenvalue weighted by Gasteiger charge is -2.40. The van der Waals surface area contributed by atoms with E-state index in [0.29, 0.717) is 6.04 Å². The Bertz CT molecular complexity index is 462. The van der Waals surface area contributed by atoms with E-state index in [-0.39, 0.29) is 18.0 Å². The van der Waals surface area contributed by atoms with Crippen molar-refractivity contribution in [3.63, 3.8) is 0 Å². The molecule has 2 heterocycles. The fraction of sp³-hybridized carbons (Fsp3) is 0.750. The number of carbonyl (C=O) groups is 1. The van der Waals surface area contributed by atoms with Crippen LogP contribution in [0.25, 0.3) is 0 Å². The first-order valence-corrected chi connectivity index (χ1v) is 9.11. The Kier molecular flexibility index (Phi) is 4.91. The van der Waals surface area contributed by atoms with Crippen LogP contribution in [0.4, 0.5) is 0 Å². The minimum Gasteiger partial charge on any atom is -0.346 e. The highest BCUT2D eigenvalue weighted by Gasteiger charge is 2.34. The first-order chi connectivity index (χ1) is 10.3. The fourth-order valence-electron chi connectivity index (χ4n) is 3.72. The molecule has 1 aliphatic heterocycles. The Hall–Kier alpha value is -0.940. The van der Waals surface area contributed by atoms with Gasteiger partial charge in [-0.1, -0.05) is 19.8 Å². The molecule has 1 aromatic rings. The van der Waals surface area contributed by atoms with Gasteiger partial charge in [0, 0.05) is 17.6 Å². The van der Waals surface area contributed by atoms with Gasteiger partial charge in [0.2, 0.25) is 5.91 Å². The zero-order chi connectivity index (χ0) is 14.7. The molecule has 1 aliphatic carbocycles. The van der Waals surface area contributed by atoms with Crippen LogP contribution >= 0.6 is 11.3 Å². The average Bonchev–Trinajstić information content (AvgIpc) is 3.06. The molecule has 0 radical (unpaired) electrons. The van der Waals surface area contributed by atoms with Crippen molar-refractivity contribution in [2.24, 2.45) is 5.92 Å². The van der Waals surface area contributed by atoms with Crippen molar-refractivity contribution in [3.8, 4) is 0 Å². The first-order valence-electron chi connectivity index (χ1n) is 8.23. The normalized spacial score (nSPS) is 30.4. The van der Waals surface area contributed by atoms with E-state index >= 15 is 0 Å². The highest BCUT2D eigenvalue weighted by molar-refractivity contribution is 7.09. The molecular weight excluding hydrogens is 282 g/mol. The molecule has 0 bridgehead atoms. The summed E-state index contributed by atoms with van der Waals surface area (Å²) in [6.07, 6.45) is 10.1. The van der Waals surface area contributed by atoms with E-state index in [9.17, 15) is 4.79 Å². The van der Waals surface area contributed by atoms with Crippen molar-refractivity contribution >= 4 is 17.2 Å². The summed E-state index contributed by atoms with van der Waals surface area (Å²) in [5.41, 5.74) is 0. The Balaban J connectivity index is 1.57. The van der Waals surface area contributed by atoms with E-state index in [1.807, 2.05) is 5.38 Å². The average molecular weight is 307 g/mol. The summed E-state index contributed by atoms with van der Waals surface area (Å²) in [6.45, 7) is 2.10. The van der Waals surface area contributed by atoms with Gasteiger partial charge in [-0.05, 0) is 38.0 Å². The molecule has 116 valence electrons. The molecule has 3 rings (SSSR count). The van der Waals surface area contributed by atoms with Crippen molar-refractivity contribution in [1.29, 1.82) is 0 Å². The lowest BCUT2D eigenvalue weighted by molar-refractivity contribution is -0.125. The number of piperidine rings is 1. The molecule has 5 heteroatoms. The molecule has 2 fully saturated rings. The van der Waals surface area contributed by atoms with Crippen LogP contribution in [0.5, 0.6) is 0 Å². The SMILES string of the molecule is CCC(NC(=O)C1CCC2CCCCC2N1)c1nccs1. The molecule has 2 aliphatic rings. The highest BCUT2D eigenvalue weighted by atomic mass is 32.1. The van der Waals surface area contributed by atoms with Crippen LogP contribution in [0.3, 0.4) is 0 Å². The van der Waals surface area contributed by atoms with Crippen molar-refractivity contribution in [2.75, 3.05) is 0 Å². The number of hydrogen-bond acceptors (Lipinski definition) is 4. The number of aromatic nitrogens is 1. The molecule has 21 heavy (non-hydrogen) atoms. The Morgan fingerprint density at radius 3 is 3.05 bits per heavy atom. The zero-order valence-electron chi connectivity index (χ0n) is 12.7. The third-order valence-corrected chi connectivity index (χ3v) is 5.83. The number of hydrogen-bond donors (Lipinski definition) is 2. The zero-order valence-corrected chi connectivity index (χ0v) is 13.5. The first kappa shape index (κ1) is 15.0. The predicted molar refractivity (Wildman–Crippen MR) is 85.2 cm³/mol. The van der Waals surface area contributed by atoms with Gasteiger partial charge in [-0.2, -0.15) is 0 Å². The summed E-state index contributed by atoms with van der Waals surface area (Å²) in [7, 11) is 0. The van der Waals surface area contributed by atoms with Gasteiger partial charge in [-0.3, -0.25) is 4.79 Å². The van der Waals surface area contributed by atoms with Gasteiger partial charge in [0.15, 0.2) is 0 Å². The smallest absolute Gasteiger partial charge is 0.237 e. The summed E-state index contributed by atoms with van der Waals surface area (Å²) in [5, 5.41) is 9.76. The largest absolute Gasteiger partial charge is 0.346 e. The van der Waals surface area contributed by atoms with E-state index in [2.05, 4.69) is 22.5 Å². The van der Waals surface area contributed by atoms with Gasteiger partial charge >= 0.3 is 0 Å².